The molecule has 0 bridgehead atoms. The minimum Gasteiger partial charge on any atom is -0.480 e. The molecule has 0 amide bonds. The number of aliphatic carboxylic acids is 1. The Labute approximate surface area is 133 Å². The fraction of sp³-hybridized carbons (Fsp3) is 0.933. The number of carbonyl (C=O) groups is 1. The lowest BCUT2D eigenvalue weighted by atomic mass is 9.68. The molecule has 2 fully saturated rings. The van der Waals surface area contributed by atoms with Crippen LogP contribution in [0.5, 0.6) is 0 Å². The number of rotatable bonds is 6. The lowest BCUT2D eigenvalue weighted by Gasteiger charge is -2.43. The van der Waals surface area contributed by atoms with Crippen LogP contribution in [0.1, 0.15) is 64.7 Å². The van der Waals surface area contributed by atoms with Crippen molar-refractivity contribution >= 4 is 16.2 Å². The van der Waals surface area contributed by atoms with E-state index in [-0.39, 0.29) is 0 Å². The van der Waals surface area contributed by atoms with Gasteiger partial charge < -0.3 is 5.11 Å². The molecule has 128 valence electrons. The average molecular weight is 332 g/mol. The number of carboxylic acids is 1. The van der Waals surface area contributed by atoms with Crippen molar-refractivity contribution < 1.29 is 18.3 Å². The summed E-state index contributed by atoms with van der Waals surface area (Å²) >= 11 is 0. The molecule has 2 rings (SSSR count). The van der Waals surface area contributed by atoms with Gasteiger partial charge >= 0.3 is 5.97 Å². The highest BCUT2D eigenvalue weighted by Gasteiger charge is 2.39. The Hall–Kier alpha value is -0.660. The van der Waals surface area contributed by atoms with Crippen molar-refractivity contribution in [2.75, 3.05) is 13.1 Å². The van der Waals surface area contributed by atoms with Crippen molar-refractivity contribution in [3.63, 3.8) is 0 Å². The van der Waals surface area contributed by atoms with Gasteiger partial charge in [-0.15, -0.1) is 0 Å². The van der Waals surface area contributed by atoms with Gasteiger partial charge in [0.2, 0.25) is 0 Å². The summed E-state index contributed by atoms with van der Waals surface area (Å²) in [6.45, 7) is 2.86. The van der Waals surface area contributed by atoms with Crippen LogP contribution in [0.25, 0.3) is 0 Å². The topological polar surface area (TPSA) is 86.7 Å². The van der Waals surface area contributed by atoms with Crippen LogP contribution in [0.4, 0.5) is 0 Å². The molecule has 2 N–H and O–H groups in total. The van der Waals surface area contributed by atoms with E-state index in [2.05, 4.69) is 4.72 Å². The maximum atomic E-state index is 12.4. The number of carboxylic acid groups (broad SMARTS) is 1. The van der Waals surface area contributed by atoms with E-state index in [1.54, 1.807) is 0 Å². The Balaban J connectivity index is 1.95. The molecule has 1 saturated heterocycles. The second kappa shape index (κ2) is 7.27. The molecule has 6 nitrogen and oxygen atoms in total. The van der Waals surface area contributed by atoms with Gasteiger partial charge in [-0.1, -0.05) is 32.6 Å². The first-order chi connectivity index (χ1) is 10.4. The van der Waals surface area contributed by atoms with E-state index >= 15 is 0 Å². The van der Waals surface area contributed by atoms with Gasteiger partial charge in [0, 0.05) is 13.1 Å². The summed E-state index contributed by atoms with van der Waals surface area (Å²) in [6, 6.07) is -1.03. The molecule has 0 aromatic heterocycles. The van der Waals surface area contributed by atoms with Gasteiger partial charge in [0.15, 0.2) is 0 Å². The van der Waals surface area contributed by atoms with Gasteiger partial charge in [-0.3, -0.25) is 4.79 Å². The maximum absolute atomic E-state index is 12.4. The summed E-state index contributed by atoms with van der Waals surface area (Å²) in [7, 11) is -3.70. The molecular formula is C15H28N2O4S. The predicted molar refractivity (Wildman–Crippen MR) is 84.7 cm³/mol. The summed E-state index contributed by atoms with van der Waals surface area (Å²) in [4.78, 5) is 11.1. The zero-order chi connectivity index (χ0) is 16.2. The van der Waals surface area contributed by atoms with Crippen LogP contribution in [0.2, 0.25) is 0 Å². The lowest BCUT2D eigenvalue weighted by molar-refractivity contribution is -0.139. The first-order valence-electron chi connectivity index (χ1n) is 8.39. The van der Waals surface area contributed by atoms with Crippen molar-refractivity contribution in [1.29, 1.82) is 0 Å². The minimum absolute atomic E-state index is 0.312. The molecule has 7 heteroatoms. The third-order valence-corrected chi connectivity index (χ3v) is 6.83. The summed E-state index contributed by atoms with van der Waals surface area (Å²) < 4.78 is 28.6. The van der Waals surface area contributed by atoms with Crippen molar-refractivity contribution in [2.45, 2.75) is 70.8 Å². The molecule has 1 spiro atoms. The van der Waals surface area contributed by atoms with Gasteiger partial charge in [-0.2, -0.15) is 17.4 Å². The van der Waals surface area contributed by atoms with Gasteiger partial charge in [-0.05, 0) is 37.5 Å². The molecule has 2 aliphatic rings. The van der Waals surface area contributed by atoms with Gasteiger partial charge in [0.25, 0.3) is 10.2 Å². The largest absolute Gasteiger partial charge is 0.480 e. The van der Waals surface area contributed by atoms with Crippen LogP contribution in [-0.2, 0) is 15.0 Å². The molecule has 1 saturated carbocycles. The van der Waals surface area contributed by atoms with Gasteiger partial charge in [0.1, 0.15) is 6.04 Å². The van der Waals surface area contributed by atoms with Crippen molar-refractivity contribution in [2.24, 2.45) is 5.41 Å². The Morgan fingerprint density at radius 2 is 1.77 bits per heavy atom. The summed E-state index contributed by atoms with van der Waals surface area (Å²) in [5, 5.41) is 9.12. The number of hydrogen-bond donors (Lipinski definition) is 2. The Kier molecular flexibility index (Phi) is 5.85. The van der Waals surface area contributed by atoms with E-state index in [4.69, 9.17) is 5.11 Å². The van der Waals surface area contributed by atoms with Crippen LogP contribution in [0.15, 0.2) is 0 Å². The Bertz CT molecular complexity index is 476. The fourth-order valence-corrected chi connectivity index (χ4v) is 5.17. The van der Waals surface area contributed by atoms with E-state index in [0.29, 0.717) is 31.3 Å². The molecule has 0 radical (unpaired) electrons. The van der Waals surface area contributed by atoms with E-state index in [1.807, 2.05) is 6.92 Å². The van der Waals surface area contributed by atoms with E-state index in [0.717, 1.165) is 12.8 Å². The molecule has 0 aromatic rings. The van der Waals surface area contributed by atoms with Gasteiger partial charge in [-0.25, -0.2) is 0 Å². The van der Waals surface area contributed by atoms with Crippen molar-refractivity contribution in [3.05, 3.63) is 0 Å². The Morgan fingerprint density at radius 1 is 1.18 bits per heavy atom. The van der Waals surface area contributed by atoms with E-state index in [9.17, 15) is 13.2 Å². The minimum atomic E-state index is -3.70. The molecule has 1 aliphatic heterocycles. The highest BCUT2D eigenvalue weighted by atomic mass is 32.2. The van der Waals surface area contributed by atoms with Crippen LogP contribution < -0.4 is 4.72 Å². The fourth-order valence-electron chi connectivity index (χ4n) is 3.78. The first-order valence-corrected chi connectivity index (χ1v) is 9.83. The average Bonchev–Trinajstić information content (AvgIpc) is 2.48. The van der Waals surface area contributed by atoms with Crippen LogP contribution in [-0.4, -0.2) is 42.9 Å². The predicted octanol–water partition coefficient (Wildman–Crippen LogP) is 2.12. The standard InChI is InChI=1S/C15H28N2O4S/c1-2-6-13(14(18)19)16-22(20,21)17-11-9-15(10-12-17)7-4-3-5-8-15/h13,16H,2-12H2,1H3,(H,18,19). The summed E-state index contributed by atoms with van der Waals surface area (Å²) in [5.74, 6) is -1.11. The molecule has 22 heavy (non-hydrogen) atoms. The highest BCUT2D eigenvalue weighted by Crippen LogP contribution is 2.44. The number of piperidine rings is 1. The monoisotopic (exact) mass is 332 g/mol. The van der Waals surface area contributed by atoms with Crippen LogP contribution >= 0.6 is 0 Å². The quantitative estimate of drug-likeness (QED) is 0.780. The number of hydrogen-bond acceptors (Lipinski definition) is 3. The molecule has 1 unspecified atom stereocenters. The molecule has 1 aliphatic carbocycles. The van der Waals surface area contributed by atoms with Crippen LogP contribution in [0, 0.1) is 5.41 Å². The van der Waals surface area contributed by atoms with Gasteiger partial charge in [0.05, 0.1) is 0 Å². The van der Waals surface area contributed by atoms with E-state index in [1.165, 1.54) is 36.4 Å². The molecular weight excluding hydrogens is 304 g/mol. The number of nitrogens with one attached hydrogen (secondary N) is 1. The molecule has 1 atom stereocenters. The number of nitrogens with zero attached hydrogens (tertiary/aromatic N) is 1. The third-order valence-electron chi connectivity index (χ3n) is 5.20. The third kappa shape index (κ3) is 4.20. The summed E-state index contributed by atoms with van der Waals surface area (Å²) in [5.41, 5.74) is 0.333. The van der Waals surface area contributed by atoms with Crippen molar-refractivity contribution in [3.8, 4) is 0 Å². The van der Waals surface area contributed by atoms with Crippen LogP contribution in [0.3, 0.4) is 0 Å². The zero-order valence-corrected chi connectivity index (χ0v) is 14.2. The Morgan fingerprint density at radius 3 is 2.27 bits per heavy atom. The normalized spacial score (nSPS) is 24.2. The second-order valence-corrected chi connectivity index (χ2v) is 8.46. The second-order valence-electron chi connectivity index (χ2n) is 6.76. The van der Waals surface area contributed by atoms with Crippen molar-refractivity contribution in [1.82, 2.24) is 9.03 Å². The molecule has 0 aromatic carbocycles. The lowest BCUT2D eigenvalue weighted by Crippen LogP contribution is -2.52. The smallest absolute Gasteiger partial charge is 0.321 e. The first kappa shape index (κ1) is 17.7. The SMILES string of the molecule is CCCC(NS(=O)(=O)N1CCC2(CCCCC2)CC1)C(=O)O. The maximum Gasteiger partial charge on any atom is 0.321 e. The van der Waals surface area contributed by atoms with E-state index < -0.39 is 22.2 Å². The molecule has 1 heterocycles. The summed E-state index contributed by atoms with van der Waals surface area (Å²) in [6.07, 6.45) is 8.96. The highest BCUT2D eigenvalue weighted by molar-refractivity contribution is 7.87. The zero-order valence-electron chi connectivity index (χ0n) is 13.4.